The molecule has 2 atom stereocenters. The number of aliphatic carboxylic acids is 1. The van der Waals surface area contributed by atoms with Crippen LogP contribution in [0.4, 0.5) is 11.5 Å². The van der Waals surface area contributed by atoms with Crippen LogP contribution in [0.15, 0.2) is 0 Å². The van der Waals surface area contributed by atoms with Crippen molar-refractivity contribution < 1.29 is 14.8 Å². The van der Waals surface area contributed by atoms with Crippen molar-refractivity contribution in [3.8, 4) is 0 Å². The molecule has 8 heteroatoms. The van der Waals surface area contributed by atoms with E-state index in [2.05, 4.69) is 5.10 Å². The quantitative estimate of drug-likeness (QED) is 0.669. The van der Waals surface area contributed by atoms with Gasteiger partial charge in [0.25, 0.3) is 0 Å². The zero-order valence-corrected chi connectivity index (χ0v) is 12.8. The van der Waals surface area contributed by atoms with Crippen LogP contribution in [-0.4, -0.2) is 38.9 Å². The fourth-order valence-electron chi connectivity index (χ4n) is 4.14. The lowest BCUT2D eigenvalue weighted by Gasteiger charge is -2.23. The van der Waals surface area contributed by atoms with Crippen LogP contribution in [0.25, 0.3) is 0 Å². The molecule has 0 spiro atoms. The summed E-state index contributed by atoms with van der Waals surface area (Å²) >= 11 is 0. The molecule has 0 aromatic carbocycles. The summed E-state index contributed by atoms with van der Waals surface area (Å²) in [5.74, 6) is -0.278. The Bertz CT molecular complexity index is 641. The molecule has 1 aliphatic heterocycles. The highest BCUT2D eigenvalue weighted by Crippen LogP contribution is 2.51. The maximum atomic E-state index is 11.8. The third-order valence-electron chi connectivity index (χ3n) is 5.18. The average Bonchev–Trinajstić information content (AvgIpc) is 3.07. The Morgan fingerprint density at radius 3 is 2.86 bits per heavy atom. The lowest BCUT2D eigenvalue weighted by molar-refractivity contribution is -0.384. The molecular weight excluding hydrogens is 288 g/mol. The zero-order chi connectivity index (χ0) is 16.1. The number of anilines is 1. The number of nitrogens with zero attached hydrogens (tertiary/aromatic N) is 4. The van der Waals surface area contributed by atoms with E-state index in [-0.39, 0.29) is 11.6 Å². The summed E-state index contributed by atoms with van der Waals surface area (Å²) in [5, 5.41) is 25.3. The summed E-state index contributed by atoms with van der Waals surface area (Å²) in [4.78, 5) is 24.7. The molecule has 0 bridgehead atoms. The van der Waals surface area contributed by atoms with Gasteiger partial charge in [0.05, 0.1) is 10.3 Å². The predicted octanol–water partition coefficient (Wildman–Crippen LogP) is 1.58. The van der Waals surface area contributed by atoms with E-state index in [4.69, 9.17) is 0 Å². The van der Waals surface area contributed by atoms with Crippen molar-refractivity contribution in [2.45, 2.75) is 32.6 Å². The molecule has 1 saturated heterocycles. The Balaban J connectivity index is 2.02. The van der Waals surface area contributed by atoms with Crippen molar-refractivity contribution in [2.75, 3.05) is 18.0 Å². The van der Waals surface area contributed by atoms with E-state index in [1.165, 1.54) is 4.68 Å². The molecule has 0 unspecified atom stereocenters. The van der Waals surface area contributed by atoms with Gasteiger partial charge in [-0.15, -0.1) is 0 Å². The van der Waals surface area contributed by atoms with E-state index < -0.39 is 16.3 Å². The minimum atomic E-state index is -0.780. The first-order chi connectivity index (χ1) is 10.4. The van der Waals surface area contributed by atoms with Crippen LogP contribution in [0.2, 0.25) is 0 Å². The molecule has 22 heavy (non-hydrogen) atoms. The molecule has 1 N–H and O–H groups in total. The van der Waals surface area contributed by atoms with Crippen LogP contribution in [0, 0.1) is 21.4 Å². The molecule has 2 fully saturated rings. The SMILES string of the molecule is CCc1nn(C)c(N2C[C@@H]3CCC[C@@]3(C(=O)O)C2)c1[N+](=O)[O-]. The molecule has 120 valence electrons. The largest absolute Gasteiger partial charge is 0.481 e. The van der Waals surface area contributed by atoms with E-state index in [0.717, 1.165) is 12.8 Å². The van der Waals surface area contributed by atoms with Crippen LogP contribution in [0.3, 0.4) is 0 Å². The number of nitro groups is 1. The van der Waals surface area contributed by atoms with Gasteiger partial charge in [-0.2, -0.15) is 5.10 Å². The fourth-order valence-corrected chi connectivity index (χ4v) is 4.14. The van der Waals surface area contributed by atoms with Crippen molar-refractivity contribution in [2.24, 2.45) is 18.4 Å². The summed E-state index contributed by atoms with van der Waals surface area (Å²) in [6, 6.07) is 0. The number of carboxylic acids is 1. The molecule has 2 aliphatic rings. The number of aromatic nitrogens is 2. The molecule has 0 radical (unpaired) electrons. The Hall–Kier alpha value is -2.12. The van der Waals surface area contributed by atoms with Crippen LogP contribution in [-0.2, 0) is 18.3 Å². The maximum Gasteiger partial charge on any atom is 0.334 e. The third kappa shape index (κ3) is 1.89. The van der Waals surface area contributed by atoms with Gasteiger partial charge in [0.15, 0.2) is 0 Å². The maximum absolute atomic E-state index is 11.8. The number of hydrogen-bond acceptors (Lipinski definition) is 5. The molecule has 1 aliphatic carbocycles. The van der Waals surface area contributed by atoms with E-state index in [1.807, 2.05) is 11.8 Å². The lowest BCUT2D eigenvalue weighted by atomic mass is 9.81. The number of fused-ring (bicyclic) bond motifs is 1. The van der Waals surface area contributed by atoms with E-state index >= 15 is 0 Å². The number of rotatable bonds is 4. The fraction of sp³-hybridized carbons (Fsp3) is 0.714. The monoisotopic (exact) mass is 308 g/mol. The van der Waals surface area contributed by atoms with Crippen LogP contribution in [0.1, 0.15) is 31.9 Å². The van der Waals surface area contributed by atoms with Crippen molar-refractivity contribution in [1.29, 1.82) is 0 Å². The Labute approximate surface area is 127 Å². The molecule has 8 nitrogen and oxygen atoms in total. The zero-order valence-electron chi connectivity index (χ0n) is 12.8. The predicted molar refractivity (Wildman–Crippen MR) is 78.9 cm³/mol. The van der Waals surface area contributed by atoms with E-state index in [9.17, 15) is 20.0 Å². The van der Waals surface area contributed by atoms with E-state index in [0.29, 0.717) is 37.4 Å². The number of hydrogen-bond donors (Lipinski definition) is 1. The van der Waals surface area contributed by atoms with E-state index in [1.54, 1.807) is 7.05 Å². The highest BCUT2D eigenvalue weighted by Gasteiger charge is 2.56. The Morgan fingerprint density at radius 2 is 2.32 bits per heavy atom. The smallest absolute Gasteiger partial charge is 0.334 e. The summed E-state index contributed by atoms with van der Waals surface area (Å²) < 4.78 is 1.52. The molecule has 2 heterocycles. The molecule has 1 saturated carbocycles. The third-order valence-corrected chi connectivity index (χ3v) is 5.18. The van der Waals surface area contributed by atoms with Crippen LogP contribution >= 0.6 is 0 Å². The second kappa shape index (κ2) is 4.96. The summed E-state index contributed by atoms with van der Waals surface area (Å²) in [6.45, 7) is 2.71. The average molecular weight is 308 g/mol. The second-order valence-corrected chi connectivity index (χ2v) is 6.28. The number of carboxylic acid groups (broad SMARTS) is 1. The topological polar surface area (TPSA) is 102 Å². The van der Waals surface area contributed by atoms with Gasteiger partial charge in [-0.05, 0) is 25.2 Å². The van der Waals surface area contributed by atoms with Crippen molar-refractivity contribution in [3.05, 3.63) is 15.8 Å². The van der Waals surface area contributed by atoms with Gasteiger partial charge in [-0.25, -0.2) is 4.68 Å². The number of aryl methyl sites for hydroxylation is 2. The molecule has 1 aromatic heterocycles. The molecule has 0 amide bonds. The van der Waals surface area contributed by atoms with Crippen LogP contribution in [0.5, 0.6) is 0 Å². The molecular formula is C14H20N4O4. The Morgan fingerprint density at radius 1 is 1.59 bits per heavy atom. The van der Waals surface area contributed by atoms with Gasteiger partial charge < -0.3 is 10.0 Å². The first kappa shape index (κ1) is 14.8. The summed E-state index contributed by atoms with van der Waals surface area (Å²) in [5.41, 5.74) is -0.292. The first-order valence-electron chi connectivity index (χ1n) is 7.59. The Kier molecular flexibility index (Phi) is 3.34. The van der Waals surface area contributed by atoms with Gasteiger partial charge in [-0.3, -0.25) is 14.9 Å². The standard InChI is InChI=1S/C14H20N4O4/c1-3-10-11(18(21)22)12(16(2)15-10)17-7-9-5-4-6-14(9,8-17)13(19)20/h9H,3-8H2,1-2H3,(H,19,20)/t9-,14+/m0/s1. The van der Waals surface area contributed by atoms with Gasteiger partial charge >= 0.3 is 11.7 Å². The van der Waals surface area contributed by atoms with Crippen molar-refractivity contribution in [3.63, 3.8) is 0 Å². The van der Waals surface area contributed by atoms with Crippen molar-refractivity contribution in [1.82, 2.24) is 9.78 Å². The number of carbonyl (C=O) groups is 1. The first-order valence-corrected chi connectivity index (χ1v) is 7.59. The minimum absolute atomic E-state index is 0.0190. The molecule has 3 rings (SSSR count). The van der Waals surface area contributed by atoms with Crippen LogP contribution < -0.4 is 4.90 Å². The highest BCUT2D eigenvalue weighted by molar-refractivity contribution is 5.78. The molecule has 1 aromatic rings. The van der Waals surface area contributed by atoms with Crippen molar-refractivity contribution >= 4 is 17.5 Å². The van der Waals surface area contributed by atoms with Gasteiger partial charge in [-0.1, -0.05) is 13.3 Å². The van der Waals surface area contributed by atoms with Gasteiger partial charge in [0.1, 0.15) is 5.69 Å². The van der Waals surface area contributed by atoms with Gasteiger partial charge in [0, 0.05) is 20.1 Å². The second-order valence-electron chi connectivity index (χ2n) is 6.28. The minimum Gasteiger partial charge on any atom is -0.481 e. The summed E-state index contributed by atoms with van der Waals surface area (Å²) in [6.07, 6.45) is 2.91. The van der Waals surface area contributed by atoms with Gasteiger partial charge in [0.2, 0.25) is 5.82 Å². The lowest BCUT2D eigenvalue weighted by Crippen LogP contribution is -2.36. The normalized spacial score (nSPS) is 27.2. The summed E-state index contributed by atoms with van der Waals surface area (Å²) in [7, 11) is 1.68. The highest BCUT2D eigenvalue weighted by atomic mass is 16.6.